The Morgan fingerprint density at radius 2 is 1.00 bits per heavy atom. The van der Waals surface area contributed by atoms with E-state index < -0.39 is 0 Å². The molecule has 0 atom stereocenters. The summed E-state index contributed by atoms with van der Waals surface area (Å²) in [6.07, 6.45) is 0. The van der Waals surface area contributed by atoms with Crippen LogP contribution in [0, 0.1) is 0 Å². The predicted molar refractivity (Wildman–Crippen MR) is 278 cm³/mol. The Bertz CT molecular complexity index is 2990. The highest BCUT2D eigenvalue weighted by molar-refractivity contribution is 6.37. The van der Waals surface area contributed by atoms with Crippen molar-refractivity contribution in [3.8, 4) is 33.4 Å². The summed E-state index contributed by atoms with van der Waals surface area (Å²) in [5.74, 6) is 1.68. The van der Waals surface area contributed by atoms with Gasteiger partial charge in [-0.15, -0.1) is 0 Å². The molecule has 1 aliphatic carbocycles. The van der Waals surface area contributed by atoms with E-state index in [1.54, 1.807) is 0 Å². The van der Waals surface area contributed by atoms with Gasteiger partial charge in [0.2, 0.25) is 0 Å². The third-order valence-corrected chi connectivity index (χ3v) is 14.1. The van der Waals surface area contributed by atoms with Gasteiger partial charge in [-0.2, -0.15) is 0 Å². The van der Waals surface area contributed by atoms with Gasteiger partial charge < -0.3 is 10.2 Å². The topological polar surface area (TPSA) is 15.3 Å². The highest BCUT2D eigenvalue weighted by Gasteiger charge is 2.37. The summed E-state index contributed by atoms with van der Waals surface area (Å²) in [4.78, 5) is 2.36. The molecule has 0 saturated carbocycles. The minimum atomic E-state index is -0.202. The maximum absolute atomic E-state index is 8.01. The number of anilines is 5. The minimum Gasteiger partial charge on any atom is -0.353 e. The zero-order chi connectivity index (χ0) is 45.0. The average Bonchev–Trinajstić information content (AvgIpc) is 3.53. The molecule has 3 heteroatoms. The number of nitrogens with one attached hydrogen (secondary N) is 1. The van der Waals surface area contributed by atoms with Crippen molar-refractivity contribution < 1.29 is 0 Å². The van der Waals surface area contributed by atoms with E-state index in [1.165, 1.54) is 60.8 Å². The van der Waals surface area contributed by atoms with Crippen LogP contribution in [0.1, 0.15) is 126 Å². The molecule has 1 N–H and O–H groups in total. The molecule has 64 heavy (non-hydrogen) atoms. The maximum atomic E-state index is 8.01. The molecular formula is C61H61ClN2. The summed E-state index contributed by atoms with van der Waals surface area (Å²) in [6, 6.07) is 58.8. The average molecular weight is 858 g/mol. The highest BCUT2D eigenvalue weighted by Crippen LogP contribution is 2.54. The van der Waals surface area contributed by atoms with Crippen molar-refractivity contribution in [2.45, 2.75) is 98.3 Å². The lowest BCUT2D eigenvalue weighted by atomic mass is 9.82. The molecule has 1 aliphatic rings. The van der Waals surface area contributed by atoms with E-state index in [0.29, 0.717) is 28.7 Å². The maximum Gasteiger partial charge on any atom is 0.0887 e. The van der Waals surface area contributed by atoms with Gasteiger partial charge in [0.15, 0.2) is 0 Å². The van der Waals surface area contributed by atoms with Gasteiger partial charge in [0.1, 0.15) is 0 Å². The lowest BCUT2D eigenvalue weighted by molar-refractivity contribution is 0.661. The van der Waals surface area contributed by atoms with E-state index >= 15 is 0 Å². The Morgan fingerprint density at radius 3 is 1.61 bits per heavy atom. The Kier molecular flexibility index (Phi) is 11.6. The molecule has 0 unspecified atom stereocenters. The molecule has 0 fully saturated rings. The molecule has 8 aromatic rings. The van der Waals surface area contributed by atoms with Crippen LogP contribution in [0.4, 0.5) is 28.4 Å². The monoisotopic (exact) mass is 856 g/mol. The molecule has 0 amide bonds. The smallest absolute Gasteiger partial charge is 0.0887 e. The quantitative estimate of drug-likeness (QED) is 0.139. The first kappa shape index (κ1) is 43.2. The number of rotatable bonds is 11. The van der Waals surface area contributed by atoms with Crippen molar-refractivity contribution >= 4 is 50.8 Å². The summed E-state index contributed by atoms with van der Waals surface area (Å²) >= 11 is 8.01. The Morgan fingerprint density at radius 1 is 0.469 bits per heavy atom. The predicted octanol–water partition coefficient (Wildman–Crippen LogP) is 18.8. The molecule has 0 heterocycles. The molecule has 322 valence electrons. The first-order valence-corrected chi connectivity index (χ1v) is 23.6. The summed E-state index contributed by atoms with van der Waals surface area (Å²) in [5, 5.41) is 7.21. The van der Waals surface area contributed by atoms with Gasteiger partial charge in [-0.05, 0) is 133 Å². The molecule has 0 aromatic heterocycles. The van der Waals surface area contributed by atoms with Crippen molar-refractivity contribution in [3.63, 3.8) is 0 Å². The third-order valence-electron chi connectivity index (χ3n) is 13.7. The number of fused-ring (bicyclic) bond motifs is 5. The fraction of sp³-hybridized carbons (Fsp3) is 0.246. The van der Waals surface area contributed by atoms with Gasteiger partial charge in [-0.25, -0.2) is 0 Å². The van der Waals surface area contributed by atoms with Crippen molar-refractivity contribution in [1.29, 1.82) is 0 Å². The third kappa shape index (κ3) is 7.81. The fourth-order valence-corrected chi connectivity index (χ4v) is 9.97. The number of benzene rings is 8. The van der Waals surface area contributed by atoms with Gasteiger partial charge in [0, 0.05) is 33.6 Å². The Balaban J connectivity index is 1.25. The summed E-state index contributed by atoms with van der Waals surface area (Å²) in [7, 11) is 0. The van der Waals surface area contributed by atoms with E-state index in [4.69, 9.17) is 11.6 Å². The van der Waals surface area contributed by atoms with Gasteiger partial charge >= 0.3 is 0 Å². The number of nitrogens with zero attached hydrogens (tertiary/aromatic N) is 1. The van der Waals surface area contributed by atoms with Crippen LogP contribution in [-0.4, -0.2) is 0 Å². The van der Waals surface area contributed by atoms with Gasteiger partial charge in [0.05, 0.1) is 16.4 Å². The van der Waals surface area contributed by atoms with Crippen LogP contribution in [0.2, 0.25) is 5.02 Å². The largest absolute Gasteiger partial charge is 0.353 e. The van der Waals surface area contributed by atoms with Gasteiger partial charge in [0.25, 0.3) is 0 Å². The Hall–Kier alpha value is -6.09. The van der Waals surface area contributed by atoms with Crippen LogP contribution in [0.25, 0.3) is 44.2 Å². The molecule has 0 saturated heterocycles. The Labute approximate surface area is 387 Å². The zero-order valence-electron chi connectivity index (χ0n) is 39.1. The van der Waals surface area contributed by atoms with Crippen molar-refractivity contribution in [3.05, 3.63) is 196 Å². The fourth-order valence-electron chi connectivity index (χ4n) is 9.67. The molecule has 8 aromatic carbocycles. The zero-order valence-corrected chi connectivity index (χ0v) is 39.9. The molecule has 0 aliphatic heterocycles. The lowest BCUT2D eigenvalue weighted by Gasteiger charge is -2.30. The highest BCUT2D eigenvalue weighted by atomic mass is 35.5. The number of halogens is 1. The molecule has 2 nitrogen and oxygen atoms in total. The second kappa shape index (κ2) is 17.1. The molecule has 0 radical (unpaired) electrons. The second-order valence-corrected chi connectivity index (χ2v) is 20.0. The number of hydrogen-bond donors (Lipinski definition) is 1. The molecular weight excluding hydrogens is 796 g/mol. The second-order valence-electron chi connectivity index (χ2n) is 19.6. The minimum absolute atomic E-state index is 0.202. The van der Waals surface area contributed by atoms with Gasteiger partial charge in [-0.1, -0.05) is 196 Å². The van der Waals surface area contributed by atoms with Crippen molar-refractivity contribution in [2.75, 3.05) is 10.2 Å². The van der Waals surface area contributed by atoms with E-state index in [1.807, 2.05) is 0 Å². The van der Waals surface area contributed by atoms with Crippen LogP contribution >= 0.6 is 11.6 Å². The van der Waals surface area contributed by atoms with Crippen LogP contribution in [0.15, 0.2) is 158 Å². The first-order valence-electron chi connectivity index (χ1n) is 23.2. The van der Waals surface area contributed by atoms with Crippen molar-refractivity contribution in [2.24, 2.45) is 0 Å². The summed E-state index contributed by atoms with van der Waals surface area (Å²) in [5.41, 5.74) is 19.7. The van der Waals surface area contributed by atoms with Crippen molar-refractivity contribution in [1.82, 2.24) is 0 Å². The van der Waals surface area contributed by atoms with E-state index in [9.17, 15) is 0 Å². The lowest BCUT2D eigenvalue weighted by Crippen LogP contribution is -2.17. The first-order chi connectivity index (χ1) is 30.7. The SMILES string of the molecule is CC(C)c1ccc(-c2cc(C(C)C)ccc2Nc2c(-c3ccc(C(C)C)cc3)ccc(N(c3ccc(C(C)C)cc3)c3ccc4c(c3)C(C)(C)c3ccc5ccccc5c3-4)c2Cl)cc1. The van der Waals surface area contributed by atoms with Crippen LogP contribution in [-0.2, 0) is 5.41 Å². The van der Waals surface area contributed by atoms with E-state index in [-0.39, 0.29) is 5.41 Å². The molecule has 9 rings (SSSR count). The standard InChI is InChI=1S/C61H61ClN2/c1-37(2)41-15-19-45(20-16-41)51-31-34-57(59(62)60(51)63-56-33-26-47(40(7)8)35-53(56)46-21-17-42(18-22-46)38(3)4)64(48-27-23-43(24-28-48)39(5)6)49-29-30-52-55(36-49)61(9,10)54-32-25-44-13-11-12-14-50(44)58(52)54/h11-40,63H,1-10H3. The van der Waals surface area contributed by atoms with Gasteiger partial charge in [-0.3, -0.25) is 0 Å². The molecule has 0 bridgehead atoms. The number of hydrogen-bond acceptors (Lipinski definition) is 2. The van der Waals surface area contributed by atoms with Crippen LogP contribution in [0.3, 0.4) is 0 Å². The summed E-state index contributed by atoms with van der Waals surface area (Å²) < 4.78 is 0. The van der Waals surface area contributed by atoms with E-state index in [2.05, 4.69) is 237 Å². The summed E-state index contributed by atoms with van der Waals surface area (Å²) in [6.45, 7) is 22.7. The van der Waals surface area contributed by atoms with E-state index in [0.717, 1.165) is 45.1 Å². The van der Waals surface area contributed by atoms with Crippen LogP contribution in [0.5, 0.6) is 0 Å². The normalized spacial score (nSPS) is 13.0. The van der Waals surface area contributed by atoms with Crippen LogP contribution < -0.4 is 10.2 Å². The molecule has 0 spiro atoms.